The van der Waals surface area contributed by atoms with Gasteiger partial charge in [-0.05, 0) is 37.6 Å². The Balaban J connectivity index is 1.72. The maximum atomic E-state index is 5.92. The maximum Gasteiger partial charge on any atom is 0.0406 e. The molecule has 2 bridgehead atoms. The largest absolute Gasteiger partial charge is 0.303 e. The first-order chi connectivity index (χ1) is 8.22. The number of nitrogens with zero attached hydrogens (tertiary/aromatic N) is 2. The molecule has 0 saturated carbocycles. The lowest BCUT2D eigenvalue weighted by molar-refractivity contribution is 0.0760. The summed E-state index contributed by atoms with van der Waals surface area (Å²) in [5, 5.41) is 0.829. The standard InChI is InChI=1S/C14H19ClN2/c1-16-9-13-6-7-14(10-16)17(13)8-11-2-4-12(15)5-3-11/h2-5,13-14H,6-10H2,1H3. The molecule has 0 spiro atoms. The maximum absolute atomic E-state index is 5.92. The van der Waals surface area contributed by atoms with E-state index >= 15 is 0 Å². The van der Waals surface area contributed by atoms with Gasteiger partial charge in [-0.1, -0.05) is 23.7 Å². The third-order valence-electron chi connectivity index (χ3n) is 4.09. The molecule has 0 amide bonds. The van der Waals surface area contributed by atoms with Gasteiger partial charge in [-0.15, -0.1) is 0 Å². The molecule has 2 aliphatic heterocycles. The highest BCUT2D eigenvalue weighted by Crippen LogP contribution is 2.31. The number of fused-ring (bicyclic) bond motifs is 2. The summed E-state index contributed by atoms with van der Waals surface area (Å²) in [6.07, 6.45) is 2.73. The van der Waals surface area contributed by atoms with Gasteiger partial charge in [0, 0.05) is 36.7 Å². The van der Waals surface area contributed by atoms with Crippen molar-refractivity contribution < 1.29 is 0 Å². The molecule has 2 fully saturated rings. The number of likely N-dealkylation sites (tertiary alicyclic amines) is 1. The first-order valence-corrected chi connectivity index (χ1v) is 6.79. The molecule has 1 aromatic rings. The van der Waals surface area contributed by atoms with E-state index in [9.17, 15) is 0 Å². The van der Waals surface area contributed by atoms with E-state index in [-0.39, 0.29) is 0 Å². The van der Waals surface area contributed by atoms with Gasteiger partial charge in [0.1, 0.15) is 0 Å². The SMILES string of the molecule is CN1CC2CCC(C1)N2Cc1ccc(Cl)cc1. The third-order valence-corrected chi connectivity index (χ3v) is 4.35. The average Bonchev–Trinajstić information content (AvgIpc) is 2.56. The Morgan fingerprint density at radius 1 is 1.12 bits per heavy atom. The zero-order chi connectivity index (χ0) is 11.8. The molecule has 1 aromatic carbocycles. The van der Waals surface area contributed by atoms with E-state index in [4.69, 9.17) is 11.6 Å². The number of hydrogen-bond donors (Lipinski definition) is 0. The molecule has 2 unspecified atom stereocenters. The summed E-state index contributed by atoms with van der Waals surface area (Å²) in [5.41, 5.74) is 1.39. The molecule has 2 heterocycles. The minimum absolute atomic E-state index is 0.759. The van der Waals surface area contributed by atoms with Crippen molar-refractivity contribution in [1.82, 2.24) is 9.80 Å². The smallest absolute Gasteiger partial charge is 0.0406 e. The molecule has 2 aliphatic rings. The van der Waals surface area contributed by atoms with Crippen molar-refractivity contribution in [3.05, 3.63) is 34.9 Å². The Labute approximate surface area is 108 Å². The van der Waals surface area contributed by atoms with Crippen molar-refractivity contribution >= 4 is 11.6 Å². The van der Waals surface area contributed by atoms with Crippen LogP contribution in [0.1, 0.15) is 18.4 Å². The van der Waals surface area contributed by atoms with Gasteiger partial charge < -0.3 is 4.90 Å². The summed E-state index contributed by atoms with van der Waals surface area (Å²) in [4.78, 5) is 5.16. The second-order valence-corrected chi connectivity index (χ2v) is 5.84. The molecule has 0 aliphatic carbocycles. The number of likely N-dealkylation sites (N-methyl/N-ethyl adjacent to an activating group) is 1. The van der Waals surface area contributed by atoms with Crippen LogP contribution in [0.5, 0.6) is 0 Å². The Bertz CT molecular complexity index is 376. The fraction of sp³-hybridized carbons (Fsp3) is 0.571. The Kier molecular flexibility index (Phi) is 3.12. The van der Waals surface area contributed by atoms with Crippen molar-refractivity contribution in [2.24, 2.45) is 0 Å². The Hall–Kier alpha value is -0.570. The lowest BCUT2D eigenvalue weighted by Crippen LogP contribution is -2.51. The summed E-state index contributed by atoms with van der Waals surface area (Å²) < 4.78 is 0. The lowest BCUT2D eigenvalue weighted by atomic mass is 10.1. The van der Waals surface area contributed by atoms with E-state index in [0.29, 0.717) is 0 Å². The van der Waals surface area contributed by atoms with Crippen LogP contribution < -0.4 is 0 Å². The zero-order valence-electron chi connectivity index (χ0n) is 10.3. The lowest BCUT2D eigenvalue weighted by Gasteiger charge is -2.39. The average molecular weight is 251 g/mol. The van der Waals surface area contributed by atoms with Gasteiger partial charge >= 0.3 is 0 Å². The normalized spacial score (nSPS) is 29.8. The summed E-state index contributed by atoms with van der Waals surface area (Å²) in [5.74, 6) is 0. The molecule has 2 saturated heterocycles. The number of rotatable bonds is 2. The third kappa shape index (κ3) is 2.35. The van der Waals surface area contributed by atoms with Crippen LogP contribution in [0.15, 0.2) is 24.3 Å². The van der Waals surface area contributed by atoms with E-state index in [1.54, 1.807) is 0 Å². The Morgan fingerprint density at radius 2 is 1.71 bits per heavy atom. The number of halogens is 1. The molecular weight excluding hydrogens is 232 g/mol. The van der Waals surface area contributed by atoms with Gasteiger partial charge in [-0.25, -0.2) is 0 Å². The fourth-order valence-corrected chi connectivity index (χ4v) is 3.39. The molecule has 2 nitrogen and oxygen atoms in total. The monoisotopic (exact) mass is 250 g/mol. The van der Waals surface area contributed by atoms with E-state index in [1.165, 1.54) is 31.5 Å². The highest BCUT2D eigenvalue weighted by atomic mass is 35.5. The summed E-state index contributed by atoms with van der Waals surface area (Å²) >= 11 is 5.92. The highest BCUT2D eigenvalue weighted by molar-refractivity contribution is 6.30. The van der Waals surface area contributed by atoms with Gasteiger partial charge in [0.25, 0.3) is 0 Å². The van der Waals surface area contributed by atoms with Crippen molar-refractivity contribution in [2.45, 2.75) is 31.5 Å². The van der Waals surface area contributed by atoms with Crippen molar-refractivity contribution in [3.63, 3.8) is 0 Å². The van der Waals surface area contributed by atoms with Crippen LogP contribution in [0, 0.1) is 0 Å². The molecule has 17 heavy (non-hydrogen) atoms. The van der Waals surface area contributed by atoms with E-state index in [2.05, 4.69) is 29.0 Å². The molecule has 92 valence electrons. The van der Waals surface area contributed by atoms with Crippen LogP contribution in [0.2, 0.25) is 5.02 Å². The van der Waals surface area contributed by atoms with Crippen LogP contribution in [-0.4, -0.2) is 42.0 Å². The fourth-order valence-electron chi connectivity index (χ4n) is 3.26. The molecule has 3 rings (SSSR count). The first-order valence-electron chi connectivity index (χ1n) is 6.41. The van der Waals surface area contributed by atoms with Gasteiger partial charge in [0.2, 0.25) is 0 Å². The predicted octanol–water partition coefficient (Wildman–Crippen LogP) is 2.62. The van der Waals surface area contributed by atoms with E-state index < -0.39 is 0 Å². The second-order valence-electron chi connectivity index (χ2n) is 5.41. The molecular formula is C14H19ClN2. The molecule has 2 atom stereocenters. The van der Waals surface area contributed by atoms with E-state index in [0.717, 1.165) is 23.7 Å². The topological polar surface area (TPSA) is 6.48 Å². The van der Waals surface area contributed by atoms with Crippen LogP contribution in [0.3, 0.4) is 0 Å². The summed E-state index contributed by atoms with van der Waals surface area (Å²) in [7, 11) is 2.24. The number of hydrogen-bond acceptors (Lipinski definition) is 2. The molecule has 0 aromatic heterocycles. The van der Waals surface area contributed by atoms with Crippen molar-refractivity contribution in [3.8, 4) is 0 Å². The molecule has 0 N–H and O–H groups in total. The summed E-state index contributed by atoms with van der Waals surface area (Å²) in [6.45, 7) is 3.54. The minimum Gasteiger partial charge on any atom is -0.303 e. The van der Waals surface area contributed by atoms with Crippen LogP contribution >= 0.6 is 11.6 Å². The number of piperazine rings is 1. The first kappa shape index (κ1) is 11.5. The van der Waals surface area contributed by atoms with Crippen LogP contribution in [0.4, 0.5) is 0 Å². The quantitative estimate of drug-likeness (QED) is 0.796. The van der Waals surface area contributed by atoms with E-state index in [1.807, 2.05) is 12.1 Å². The van der Waals surface area contributed by atoms with Crippen molar-refractivity contribution in [1.29, 1.82) is 0 Å². The van der Waals surface area contributed by atoms with Gasteiger partial charge in [-0.2, -0.15) is 0 Å². The van der Waals surface area contributed by atoms with Gasteiger partial charge in [-0.3, -0.25) is 4.90 Å². The van der Waals surface area contributed by atoms with Gasteiger partial charge in [0.15, 0.2) is 0 Å². The minimum atomic E-state index is 0.759. The Morgan fingerprint density at radius 3 is 2.29 bits per heavy atom. The molecule has 0 radical (unpaired) electrons. The summed E-state index contributed by atoms with van der Waals surface area (Å²) in [6, 6.07) is 9.81. The van der Waals surface area contributed by atoms with Crippen LogP contribution in [0.25, 0.3) is 0 Å². The zero-order valence-corrected chi connectivity index (χ0v) is 11.0. The van der Waals surface area contributed by atoms with Gasteiger partial charge in [0.05, 0.1) is 0 Å². The highest BCUT2D eigenvalue weighted by Gasteiger charge is 2.38. The van der Waals surface area contributed by atoms with Crippen LogP contribution in [-0.2, 0) is 6.54 Å². The number of benzene rings is 1. The molecule has 3 heteroatoms. The second kappa shape index (κ2) is 4.60. The van der Waals surface area contributed by atoms with Crippen molar-refractivity contribution in [2.75, 3.05) is 20.1 Å². The predicted molar refractivity (Wildman–Crippen MR) is 71.3 cm³/mol.